The fraction of sp³-hybridized carbons (Fsp3) is 0.227. The quantitative estimate of drug-likeness (QED) is 0.429. The average molecular weight is 458 g/mol. The Kier molecular flexibility index (Phi) is 6.82. The smallest absolute Gasteiger partial charge is 0.272 e. The van der Waals surface area contributed by atoms with Crippen molar-refractivity contribution in [2.45, 2.75) is 22.9 Å². The molecule has 154 valence electrons. The van der Waals surface area contributed by atoms with Crippen LogP contribution in [0.1, 0.15) is 11.3 Å². The van der Waals surface area contributed by atoms with Gasteiger partial charge in [-0.05, 0) is 36.2 Å². The number of nitrogens with one attached hydrogen (secondary N) is 1. The van der Waals surface area contributed by atoms with Gasteiger partial charge in [0.25, 0.3) is 5.56 Å². The third kappa shape index (κ3) is 4.91. The normalized spacial score (nSPS) is 12.6. The first kappa shape index (κ1) is 21.0. The van der Waals surface area contributed by atoms with Gasteiger partial charge in [0.05, 0.1) is 22.0 Å². The van der Waals surface area contributed by atoms with Crippen molar-refractivity contribution in [1.82, 2.24) is 14.9 Å². The predicted molar refractivity (Wildman–Crippen MR) is 123 cm³/mol. The van der Waals surface area contributed by atoms with Gasteiger partial charge in [-0.3, -0.25) is 14.2 Å². The lowest BCUT2D eigenvalue weighted by Gasteiger charge is -2.14. The Labute approximate surface area is 188 Å². The molecule has 1 aliphatic rings. The van der Waals surface area contributed by atoms with E-state index in [9.17, 15) is 9.59 Å². The fourth-order valence-electron chi connectivity index (χ4n) is 3.18. The van der Waals surface area contributed by atoms with E-state index >= 15 is 0 Å². The summed E-state index contributed by atoms with van der Waals surface area (Å²) < 4.78 is 1.58. The second-order valence-electron chi connectivity index (χ2n) is 6.76. The number of aromatic nitrogens is 2. The SMILES string of the molecule is O=C(CSc1nc2c(c(=O)n1-c1ccc(Cl)cc1)SCC2)NCCc1ccccc1. The number of hydrogen-bond donors (Lipinski definition) is 1. The van der Waals surface area contributed by atoms with Gasteiger partial charge in [0.15, 0.2) is 5.16 Å². The predicted octanol–water partition coefficient (Wildman–Crippen LogP) is 3.99. The molecule has 2 heterocycles. The lowest BCUT2D eigenvalue weighted by Crippen LogP contribution is -2.28. The number of benzene rings is 2. The summed E-state index contributed by atoms with van der Waals surface area (Å²) in [6, 6.07) is 17.1. The van der Waals surface area contributed by atoms with Crippen molar-refractivity contribution in [1.29, 1.82) is 0 Å². The fourth-order valence-corrected chi connectivity index (χ4v) is 5.19. The van der Waals surface area contributed by atoms with Crippen LogP contribution in [0.3, 0.4) is 0 Å². The number of hydrogen-bond acceptors (Lipinski definition) is 5. The Hall–Kier alpha value is -2.22. The summed E-state index contributed by atoms with van der Waals surface area (Å²) >= 11 is 8.82. The van der Waals surface area contributed by atoms with Gasteiger partial charge < -0.3 is 5.32 Å². The van der Waals surface area contributed by atoms with Gasteiger partial charge in [-0.1, -0.05) is 53.7 Å². The Morgan fingerprint density at radius 2 is 1.93 bits per heavy atom. The number of amides is 1. The van der Waals surface area contributed by atoms with Crippen LogP contribution in [0.15, 0.2) is 69.4 Å². The van der Waals surface area contributed by atoms with E-state index in [1.54, 1.807) is 28.8 Å². The van der Waals surface area contributed by atoms with Crippen molar-refractivity contribution in [2.75, 3.05) is 18.1 Å². The van der Waals surface area contributed by atoms with Gasteiger partial charge in [0.2, 0.25) is 5.91 Å². The molecule has 5 nitrogen and oxygen atoms in total. The summed E-state index contributed by atoms with van der Waals surface area (Å²) in [6.07, 6.45) is 1.55. The van der Waals surface area contributed by atoms with Gasteiger partial charge in [-0.25, -0.2) is 4.98 Å². The van der Waals surface area contributed by atoms with Gasteiger partial charge in [0, 0.05) is 23.7 Å². The minimum absolute atomic E-state index is 0.0808. The lowest BCUT2D eigenvalue weighted by atomic mass is 10.1. The zero-order valence-corrected chi connectivity index (χ0v) is 18.5. The third-order valence-corrected chi connectivity index (χ3v) is 6.96. The molecule has 30 heavy (non-hydrogen) atoms. The number of carbonyl (C=O) groups excluding carboxylic acids is 1. The Bertz CT molecular complexity index is 1100. The van der Waals surface area contributed by atoms with Crippen LogP contribution in [0.25, 0.3) is 5.69 Å². The molecular formula is C22H20ClN3O2S2. The van der Waals surface area contributed by atoms with E-state index in [2.05, 4.69) is 5.32 Å². The van der Waals surface area contributed by atoms with Crippen molar-refractivity contribution in [3.05, 3.63) is 81.2 Å². The average Bonchev–Trinajstić information content (AvgIpc) is 3.23. The molecule has 1 N–H and O–H groups in total. The molecule has 0 bridgehead atoms. The first-order chi connectivity index (χ1) is 14.6. The third-order valence-electron chi connectivity index (χ3n) is 4.66. The van der Waals surface area contributed by atoms with Crippen molar-refractivity contribution in [2.24, 2.45) is 0 Å². The van der Waals surface area contributed by atoms with Gasteiger partial charge >= 0.3 is 0 Å². The van der Waals surface area contributed by atoms with Crippen LogP contribution in [0, 0.1) is 0 Å². The van der Waals surface area contributed by atoms with E-state index in [0.29, 0.717) is 27.3 Å². The van der Waals surface area contributed by atoms with Crippen molar-refractivity contribution < 1.29 is 4.79 Å². The summed E-state index contributed by atoms with van der Waals surface area (Å²) in [5.74, 6) is 0.968. The molecule has 0 fully saturated rings. The maximum absolute atomic E-state index is 13.1. The zero-order valence-electron chi connectivity index (χ0n) is 16.1. The van der Waals surface area contributed by atoms with E-state index in [0.717, 1.165) is 24.3 Å². The Morgan fingerprint density at radius 3 is 2.70 bits per heavy atom. The number of thioether (sulfide) groups is 2. The highest BCUT2D eigenvalue weighted by atomic mass is 35.5. The van der Waals surface area contributed by atoms with E-state index in [-0.39, 0.29) is 17.2 Å². The molecule has 1 aliphatic heterocycles. The highest BCUT2D eigenvalue weighted by Gasteiger charge is 2.23. The molecule has 3 aromatic rings. The highest BCUT2D eigenvalue weighted by Crippen LogP contribution is 2.30. The van der Waals surface area contributed by atoms with Crippen LogP contribution >= 0.6 is 35.1 Å². The summed E-state index contributed by atoms with van der Waals surface area (Å²) in [5, 5.41) is 4.07. The first-order valence-electron chi connectivity index (χ1n) is 9.60. The molecule has 4 rings (SSSR count). The molecule has 0 saturated heterocycles. The second-order valence-corrected chi connectivity index (χ2v) is 9.24. The topological polar surface area (TPSA) is 64.0 Å². The molecule has 0 spiro atoms. The standard InChI is InChI=1S/C22H20ClN3O2S2/c23-16-6-8-17(9-7-16)26-21(28)20-18(11-13-29-20)25-22(26)30-14-19(27)24-12-10-15-4-2-1-3-5-15/h1-9H,10-14H2,(H,24,27). The summed E-state index contributed by atoms with van der Waals surface area (Å²) in [5.41, 5.74) is 2.61. The molecule has 1 amide bonds. The molecular weight excluding hydrogens is 438 g/mol. The second kappa shape index (κ2) is 9.73. The molecule has 0 atom stereocenters. The number of fused-ring (bicyclic) bond motifs is 1. The number of rotatable bonds is 7. The van der Waals surface area contributed by atoms with Gasteiger partial charge in [0.1, 0.15) is 0 Å². The summed E-state index contributed by atoms with van der Waals surface area (Å²) in [6.45, 7) is 0.571. The van der Waals surface area contributed by atoms with Crippen LogP contribution in [0.2, 0.25) is 5.02 Å². The maximum Gasteiger partial charge on any atom is 0.272 e. The van der Waals surface area contributed by atoms with Crippen LogP contribution in [0.4, 0.5) is 0 Å². The molecule has 0 radical (unpaired) electrons. The number of halogens is 1. The zero-order chi connectivity index (χ0) is 20.9. The van der Waals surface area contributed by atoms with Crippen LogP contribution in [0.5, 0.6) is 0 Å². The minimum atomic E-state index is -0.0863. The van der Waals surface area contributed by atoms with Crippen LogP contribution < -0.4 is 10.9 Å². The Balaban J connectivity index is 1.48. The number of carbonyl (C=O) groups is 1. The minimum Gasteiger partial charge on any atom is -0.355 e. The van der Waals surface area contributed by atoms with Crippen molar-refractivity contribution in [3.63, 3.8) is 0 Å². The summed E-state index contributed by atoms with van der Waals surface area (Å²) in [4.78, 5) is 30.8. The molecule has 0 unspecified atom stereocenters. The maximum atomic E-state index is 13.1. The Morgan fingerprint density at radius 1 is 1.17 bits per heavy atom. The molecule has 0 saturated carbocycles. The highest BCUT2D eigenvalue weighted by molar-refractivity contribution is 8.00. The van der Waals surface area contributed by atoms with Gasteiger partial charge in [-0.15, -0.1) is 11.8 Å². The van der Waals surface area contributed by atoms with E-state index < -0.39 is 0 Å². The van der Waals surface area contributed by atoms with Crippen LogP contribution in [-0.2, 0) is 17.6 Å². The van der Waals surface area contributed by atoms with Crippen LogP contribution in [-0.4, -0.2) is 33.5 Å². The number of aryl methyl sites for hydroxylation is 1. The van der Waals surface area contributed by atoms with Gasteiger partial charge in [-0.2, -0.15) is 0 Å². The molecule has 2 aromatic carbocycles. The molecule has 8 heteroatoms. The molecule has 1 aromatic heterocycles. The largest absolute Gasteiger partial charge is 0.355 e. The number of nitrogens with zero attached hydrogens (tertiary/aromatic N) is 2. The van der Waals surface area contributed by atoms with E-state index in [1.807, 2.05) is 30.3 Å². The molecule has 0 aliphatic carbocycles. The van der Waals surface area contributed by atoms with Crippen molar-refractivity contribution in [3.8, 4) is 5.69 Å². The monoisotopic (exact) mass is 457 g/mol. The lowest BCUT2D eigenvalue weighted by molar-refractivity contribution is -0.118. The van der Waals surface area contributed by atoms with E-state index in [4.69, 9.17) is 16.6 Å². The first-order valence-corrected chi connectivity index (χ1v) is 11.9. The van der Waals surface area contributed by atoms with E-state index in [1.165, 1.54) is 29.1 Å². The summed E-state index contributed by atoms with van der Waals surface area (Å²) in [7, 11) is 0. The van der Waals surface area contributed by atoms with Crippen molar-refractivity contribution >= 4 is 41.0 Å².